The molecule has 0 bridgehead atoms. The molecule has 0 radical (unpaired) electrons. The summed E-state index contributed by atoms with van der Waals surface area (Å²) >= 11 is 1.67. The molecule has 1 aromatic heterocycles. The Morgan fingerprint density at radius 3 is 2.63 bits per heavy atom. The standard InChI is InChI=1S/C21H29N3OS.ClH/c1-15-6-8-16(9-7-15)20(17-5-4-12-26-17)23-19(25)13-24-11-10-18(22)21(2,3)14-24;/h4-9,12,18,20H,10-11,13-14,22H2,1-3H3,(H,23,25);1H. The summed E-state index contributed by atoms with van der Waals surface area (Å²) in [6, 6.07) is 12.6. The van der Waals surface area contributed by atoms with Gasteiger partial charge >= 0.3 is 0 Å². The Bertz CT molecular complexity index is 730. The van der Waals surface area contributed by atoms with Crippen molar-refractivity contribution in [1.29, 1.82) is 0 Å². The molecule has 0 spiro atoms. The second-order valence-electron chi connectivity index (χ2n) is 8.02. The Morgan fingerprint density at radius 1 is 1.33 bits per heavy atom. The fourth-order valence-corrected chi connectivity index (χ4v) is 4.37. The molecule has 148 valence electrons. The van der Waals surface area contributed by atoms with E-state index in [2.05, 4.69) is 66.7 Å². The van der Waals surface area contributed by atoms with Gasteiger partial charge in [-0.3, -0.25) is 9.69 Å². The van der Waals surface area contributed by atoms with Crippen LogP contribution < -0.4 is 11.1 Å². The highest BCUT2D eigenvalue weighted by Crippen LogP contribution is 2.28. The first-order chi connectivity index (χ1) is 12.3. The summed E-state index contributed by atoms with van der Waals surface area (Å²) in [4.78, 5) is 16.1. The maximum absolute atomic E-state index is 12.8. The molecule has 0 saturated carbocycles. The van der Waals surface area contributed by atoms with Gasteiger partial charge in [0.1, 0.15) is 0 Å². The minimum Gasteiger partial charge on any atom is -0.343 e. The van der Waals surface area contributed by atoms with Crippen molar-refractivity contribution in [3.05, 3.63) is 57.8 Å². The van der Waals surface area contributed by atoms with Crippen LogP contribution >= 0.6 is 23.7 Å². The molecule has 2 atom stereocenters. The van der Waals surface area contributed by atoms with Crippen LogP contribution in [0.25, 0.3) is 0 Å². The molecule has 1 aliphatic heterocycles. The Hall–Kier alpha value is -1.40. The third-order valence-electron chi connectivity index (χ3n) is 5.30. The van der Waals surface area contributed by atoms with E-state index in [1.165, 1.54) is 5.56 Å². The zero-order valence-electron chi connectivity index (χ0n) is 16.3. The molecule has 4 nitrogen and oxygen atoms in total. The number of aryl methyl sites for hydroxylation is 1. The number of carbonyl (C=O) groups excluding carboxylic acids is 1. The number of nitrogens with zero attached hydrogens (tertiary/aromatic N) is 1. The SMILES string of the molecule is Cc1ccc(C(NC(=O)CN2CCC(N)C(C)(C)C2)c2cccs2)cc1.Cl. The van der Waals surface area contributed by atoms with Crippen LogP contribution in [0, 0.1) is 12.3 Å². The molecule has 1 saturated heterocycles. The van der Waals surface area contributed by atoms with Gasteiger partial charge in [-0.1, -0.05) is 49.7 Å². The van der Waals surface area contributed by atoms with Gasteiger partial charge < -0.3 is 11.1 Å². The van der Waals surface area contributed by atoms with Crippen molar-refractivity contribution in [2.75, 3.05) is 19.6 Å². The van der Waals surface area contributed by atoms with Crippen molar-refractivity contribution in [3.8, 4) is 0 Å². The Kier molecular flexibility index (Phi) is 7.46. The predicted octanol–water partition coefficient (Wildman–Crippen LogP) is 3.74. The van der Waals surface area contributed by atoms with Crippen molar-refractivity contribution in [1.82, 2.24) is 10.2 Å². The minimum atomic E-state index is -0.0943. The summed E-state index contributed by atoms with van der Waals surface area (Å²) in [6.45, 7) is 8.60. The van der Waals surface area contributed by atoms with Gasteiger partial charge in [-0.2, -0.15) is 0 Å². The van der Waals surface area contributed by atoms with Crippen LogP contribution in [-0.4, -0.2) is 36.5 Å². The van der Waals surface area contributed by atoms with Crippen molar-refractivity contribution >= 4 is 29.7 Å². The number of amides is 1. The van der Waals surface area contributed by atoms with Gasteiger partial charge in [0, 0.05) is 24.0 Å². The van der Waals surface area contributed by atoms with E-state index in [0.717, 1.165) is 30.0 Å². The fourth-order valence-electron chi connectivity index (χ4n) is 3.56. The third kappa shape index (κ3) is 5.55. The molecule has 1 aliphatic rings. The minimum absolute atomic E-state index is 0. The van der Waals surface area contributed by atoms with Gasteiger partial charge in [-0.25, -0.2) is 0 Å². The lowest BCUT2D eigenvalue weighted by atomic mass is 9.80. The van der Waals surface area contributed by atoms with E-state index in [9.17, 15) is 4.79 Å². The summed E-state index contributed by atoms with van der Waals surface area (Å²) in [5, 5.41) is 5.29. The van der Waals surface area contributed by atoms with E-state index < -0.39 is 0 Å². The lowest BCUT2D eigenvalue weighted by Gasteiger charge is -2.42. The second kappa shape index (κ2) is 9.20. The monoisotopic (exact) mass is 407 g/mol. The molecule has 27 heavy (non-hydrogen) atoms. The first-order valence-electron chi connectivity index (χ1n) is 9.22. The van der Waals surface area contributed by atoms with Crippen LogP contribution in [0.2, 0.25) is 0 Å². The number of benzene rings is 1. The van der Waals surface area contributed by atoms with E-state index in [0.29, 0.717) is 6.54 Å². The van der Waals surface area contributed by atoms with Gasteiger partial charge in [-0.05, 0) is 35.8 Å². The number of likely N-dealkylation sites (tertiary alicyclic amines) is 1. The number of rotatable bonds is 5. The van der Waals surface area contributed by atoms with Gasteiger partial charge in [0.25, 0.3) is 0 Å². The summed E-state index contributed by atoms with van der Waals surface area (Å²) < 4.78 is 0. The van der Waals surface area contributed by atoms with E-state index in [4.69, 9.17) is 5.73 Å². The third-order valence-corrected chi connectivity index (χ3v) is 6.24. The van der Waals surface area contributed by atoms with Crippen molar-refractivity contribution in [3.63, 3.8) is 0 Å². The number of nitrogens with one attached hydrogen (secondary N) is 1. The van der Waals surface area contributed by atoms with Crippen molar-refractivity contribution in [2.24, 2.45) is 11.1 Å². The number of piperidine rings is 1. The highest BCUT2D eigenvalue weighted by atomic mass is 35.5. The van der Waals surface area contributed by atoms with Crippen molar-refractivity contribution < 1.29 is 4.79 Å². The van der Waals surface area contributed by atoms with Gasteiger partial charge in [0.15, 0.2) is 0 Å². The average Bonchev–Trinajstić information content (AvgIpc) is 3.11. The molecule has 1 aromatic carbocycles. The number of carbonyl (C=O) groups is 1. The fraction of sp³-hybridized carbons (Fsp3) is 0.476. The first kappa shape index (κ1) is 21.9. The van der Waals surface area contributed by atoms with Crippen LogP contribution in [0.1, 0.15) is 42.3 Å². The second-order valence-corrected chi connectivity index (χ2v) is 9.00. The molecule has 0 aliphatic carbocycles. The zero-order valence-corrected chi connectivity index (χ0v) is 17.9. The smallest absolute Gasteiger partial charge is 0.234 e. The summed E-state index contributed by atoms with van der Waals surface area (Å²) in [6.07, 6.45) is 0.937. The van der Waals surface area contributed by atoms with Crippen LogP contribution in [0.4, 0.5) is 0 Å². The molecule has 3 N–H and O–H groups in total. The molecule has 6 heteroatoms. The Balaban J connectivity index is 0.00000261. The summed E-state index contributed by atoms with van der Waals surface area (Å²) in [5.74, 6) is 0.0650. The number of halogens is 1. The number of nitrogens with two attached hydrogens (primary N) is 1. The molecule has 1 amide bonds. The van der Waals surface area contributed by atoms with E-state index in [-0.39, 0.29) is 35.8 Å². The first-order valence-corrected chi connectivity index (χ1v) is 10.1. The molecule has 2 heterocycles. The summed E-state index contributed by atoms with van der Waals surface area (Å²) in [7, 11) is 0. The van der Waals surface area contributed by atoms with E-state index in [1.807, 2.05) is 6.07 Å². The largest absolute Gasteiger partial charge is 0.343 e. The van der Waals surface area contributed by atoms with Gasteiger partial charge in [0.2, 0.25) is 5.91 Å². The maximum atomic E-state index is 12.8. The highest BCUT2D eigenvalue weighted by Gasteiger charge is 2.34. The number of hydrogen-bond acceptors (Lipinski definition) is 4. The number of hydrogen-bond donors (Lipinski definition) is 2. The van der Waals surface area contributed by atoms with Gasteiger partial charge in [0.05, 0.1) is 12.6 Å². The van der Waals surface area contributed by atoms with E-state index in [1.54, 1.807) is 11.3 Å². The molecule has 3 rings (SSSR count). The molecule has 1 fully saturated rings. The van der Waals surface area contributed by atoms with Gasteiger partial charge in [-0.15, -0.1) is 23.7 Å². The zero-order chi connectivity index (χ0) is 18.7. The van der Waals surface area contributed by atoms with Crippen LogP contribution in [-0.2, 0) is 4.79 Å². The summed E-state index contributed by atoms with van der Waals surface area (Å²) in [5.41, 5.74) is 8.59. The Labute approximate surface area is 172 Å². The lowest BCUT2D eigenvalue weighted by molar-refractivity contribution is -0.123. The lowest BCUT2D eigenvalue weighted by Crippen LogP contribution is -2.54. The normalized spacial score (nSPS) is 20.5. The molecule has 2 unspecified atom stereocenters. The average molecular weight is 408 g/mol. The van der Waals surface area contributed by atoms with E-state index >= 15 is 0 Å². The maximum Gasteiger partial charge on any atom is 0.234 e. The van der Waals surface area contributed by atoms with Crippen molar-refractivity contribution in [2.45, 2.75) is 39.3 Å². The number of thiophene rings is 1. The van der Waals surface area contributed by atoms with Crippen LogP contribution in [0.15, 0.2) is 41.8 Å². The highest BCUT2D eigenvalue weighted by molar-refractivity contribution is 7.10. The van der Waals surface area contributed by atoms with Crippen LogP contribution in [0.3, 0.4) is 0 Å². The predicted molar refractivity (Wildman–Crippen MR) is 116 cm³/mol. The molecule has 2 aromatic rings. The quantitative estimate of drug-likeness (QED) is 0.793. The topological polar surface area (TPSA) is 58.4 Å². The Morgan fingerprint density at radius 2 is 2.04 bits per heavy atom. The molecular weight excluding hydrogens is 378 g/mol. The molecular formula is C21H30ClN3OS. The van der Waals surface area contributed by atoms with Crippen LogP contribution in [0.5, 0.6) is 0 Å².